The summed E-state index contributed by atoms with van der Waals surface area (Å²) in [6, 6.07) is 14.0. The Morgan fingerprint density at radius 1 is 1.15 bits per heavy atom. The van der Waals surface area contributed by atoms with E-state index < -0.39 is 0 Å². The van der Waals surface area contributed by atoms with Crippen molar-refractivity contribution >= 4 is 11.8 Å². The van der Waals surface area contributed by atoms with Crippen molar-refractivity contribution in [3.63, 3.8) is 0 Å². The first-order chi connectivity index (χ1) is 16.1. The van der Waals surface area contributed by atoms with E-state index in [-0.39, 0.29) is 12.2 Å². The second kappa shape index (κ2) is 11.2. The summed E-state index contributed by atoms with van der Waals surface area (Å²) in [5.41, 5.74) is 3.18. The Hall–Kier alpha value is -3.07. The molecule has 0 spiro atoms. The van der Waals surface area contributed by atoms with Crippen LogP contribution in [0.15, 0.2) is 54.9 Å². The van der Waals surface area contributed by atoms with Crippen LogP contribution in [0.25, 0.3) is 0 Å². The standard InChI is InChI=1S/C25H31N5O3/c1-18(2)33-22-9-8-19(14-20(22)17-31-3)15-30-12-13-32-23(16-30)21-6-4-7-24(28-21)29-25-26-10-5-11-27-25/h4-11,14,18,23H,12-13,15-17H2,1-3H3,(H,26,27,28,29)/t23-/m1/s1. The minimum absolute atomic E-state index is 0.0980. The lowest BCUT2D eigenvalue weighted by Gasteiger charge is -2.33. The Labute approximate surface area is 194 Å². The maximum Gasteiger partial charge on any atom is 0.228 e. The van der Waals surface area contributed by atoms with Gasteiger partial charge in [-0.2, -0.15) is 0 Å². The first kappa shape index (κ1) is 23.1. The van der Waals surface area contributed by atoms with Crippen LogP contribution in [0, 0.1) is 0 Å². The number of rotatable bonds is 9. The molecular formula is C25H31N5O3. The predicted octanol–water partition coefficient (Wildman–Crippen LogP) is 4.12. The molecule has 1 N–H and O–H groups in total. The van der Waals surface area contributed by atoms with Gasteiger partial charge in [0.1, 0.15) is 17.7 Å². The molecule has 8 heteroatoms. The Kier molecular flexibility index (Phi) is 7.83. The fourth-order valence-electron chi connectivity index (χ4n) is 3.83. The minimum atomic E-state index is -0.0980. The normalized spacial score (nSPS) is 16.7. The average Bonchev–Trinajstić information content (AvgIpc) is 2.82. The molecule has 0 amide bonds. The second-order valence-corrected chi connectivity index (χ2v) is 8.28. The predicted molar refractivity (Wildman–Crippen MR) is 126 cm³/mol. The van der Waals surface area contributed by atoms with Crippen LogP contribution >= 0.6 is 0 Å². The molecule has 3 aromatic rings. The molecule has 33 heavy (non-hydrogen) atoms. The van der Waals surface area contributed by atoms with Crippen molar-refractivity contribution in [2.45, 2.75) is 39.2 Å². The fourth-order valence-corrected chi connectivity index (χ4v) is 3.83. The van der Waals surface area contributed by atoms with E-state index in [0.29, 0.717) is 25.0 Å². The summed E-state index contributed by atoms with van der Waals surface area (Å²) in [7, 11) is 1.71. The summed E-state index contributed by atoms with van der Waals surface area (Å²) < 4.78 is 17.4. The van der Waals surface area contributed by atoms with E-state index in [2.05, 4.69) is 32.3 Å². The van der Waals surface area contributed by atoms with Crippen molar-refractivity contribution < 1.29 is 14.2 Å². The lowest BCUT2D eigenvalue weighted by Crippen LogP contribution is -2.38. The Balaban J connectivity index is 1.43. The number of methoxy groups -OCH3 is 1. The molecule has 0 unspecified atom stereocenters. The number of benzene rings is 1. The number of aromatic nitrogens is 3. The maximum absolute atomic E-state index is 6.06. The highest BCUT2D eigenvalue weighted by molar-refractivity contribution is 5.47. The first-order valence-corrected chi connectivity index (χ1v) is 11.2. The lowest BCUT2D eigenvalue weighted by atomic mass is 10.1. The molecule has 0 saturated carbocycles. The molecule has 1 saturated heterocycles. The molecule has 1 aromatic carbocycles. The number of pyridine rings is 1. The summed E-state index contributed by atoms with van der Waals surface area (Å²) in [4.78, 5) is 15.5. The Morgan fingerprint density at radius 2 is 2.00 bits per heavy atom. The number of nitrogens with one attached hydrogen (secondary N) is 1. The molecule has 4 rings (SSSR count). The molecular weight excluding hydrogens is 418 g/mol. The van der Waals surface area contributed by atoms with Crippen LogP contribution in [0.3, 0.4) is 0 Å². The van der Waals surface area contributed by atoms with Gasteiger partial charge in [-0.1, -0.05) is 12.1 Å². The lowest BCUT2D eigenvalue weighted by molar-refractivity contribution is -0.0349. The van der Waals surface area contributed by atoms with Gasteiger partial charge in [-0.15, -0.1) is 0 Å². The van der Waals surface area contributed by atoms with Gasteiger partial charge >= 0.3 is 0 Å². The molecule has 3 heterocycles. The van der Waals surface area contributed by atoms with Crippen LogP contribution in [-0.2, 0) is 22.6 Å². The summed E-state index contributed by atoms with van der Waals surface area (Å²) in [5, 5.41) is 3.15. The van der Waals surface area contributed by atoms with E-state index in [1.54, 1.807) is 25.6 Å². The zero-order valence-electron chi connectivity index (χ0n) is 19.4. The van der Waals surface area contributed by atoms with Gasteiger partial charge in [0.2, 0.25) is 5.95 Å². The van der Waals surface area contributed by atoms with Crippen molar-refractivity contribution in [1.82, 2.24) is 19.9 Å². The molecule has 1 aliphatic heterocycles. The summed E-state index contributed by atoms with van der Waals surface area (Å²) in [6.45, 7) is 7.71. The van der Waals surface area contributed by atoms with Gasteiger partial charge in [0.25, 0.3) is 0 Å². The van der Waals surface area contributed by atoms with Gasteiger partial charge in [-0.05, 0) is 49.7 Å². The van der Waals surface area contributed by atoms with Gasteiger partial charge in [0.15, 0.2) is 0 Å². The third kappa shape index (κ3) is 6.47. The molecule has 0 radical (unpaired) electrons. The molecule has 174 valence electrons. The van der Waals surface area contributed by atoms with Crippen LogP contribution < -0.4 is 10.1 Å². The van der Waals surface area contributed by atoms with Gasteiger partial charge in [0.05, 0.1) is 25.0 Å². The second-order valence-electron chi connectivity index (χ2n) is 8.28. The maximum atomic E-state index is 6.06. The number of hydrogen-bond acceptors (Lipinski definition) is 8. The zero-order valence-corrected chi connectivity index (χ0v) is 19.4. The molecule has 1 fully saturated rings. The van der Waals surface area contributed by atoms with Crippen LogP contribution in [0.4, 0.5) is 11.8 Å². The number of hydrogen-bond donors (Lipinski definition) is 1. The van der Waals surface area contributed by atoms with E-state index in [9.17, 15) is 0 Å². The van der Waals surface area contributed by atoms with Crippen molar-refractivity contribution in [1.29, 1.82) is 0 Å². The van der Waals surface area contributed by atoms with Gasteiger partial charge < -0.3 is 19.5 Å². The quantitative estimate of drug-likeness (QED) is 0.522. The average molecular weight is 450 g/mol. The molecule has 2 aromatic heterocycles. The molecule has 8 nitrogen and oxygen atoms in total. The summed E-state index contributed by atoms with van der Waals surface area (Å²) in [5.74, 6) is 2.10. The first-order valence-electron chi connectivity index (χ1n) is 11.2. The monoisotopic (exact) mass is 449 g/mol. The van der Waals surface area contributed by atoms with Crippen molar-refractivity contribution in [2.24, 2.45) is 0 Å². The molecule has 0 bridgehead atoms. The Morgan fingerprint density at radius 3 is 2.79 bits per heavy atom. The zero-order chi connectivity index (χ0) is 23.0. The van der Waals surface area contributed by atoms with E-state index in [0.717, 1.165) is 36.6 Å². The number of anilines is 2. The summed E-state index contributed by atoms with van der Waals surface area (Å²) >= 11 is 0. The highest BCUT2D eigenvalue weighted by Gasteiger charge is 2.23. The molecule has 1 aliphatic rings. The van der Waals surface area contributed by atoms with E-state index >= 15 is 0 Å². The number of ether oxygens (including phenoxy) is 3. The van der Waals surface area contributed by atoms with Crippen molar-refractivity contribution in [2.75, 3.05) is 32.1 Å². The minimum Gasteiger partial charge on any atom is -0.491 e. The van der Waals surface area contributed by atoms with Crippen molar-refractivity contribution in [3.8, 4) is 5.75 Å². The number of nitrogens with zero attached hydrogens (tertiary/aromatic N) is 4. The third-order valence-corrected chi connectivity index (χ3v) is 5.25. The number of morpholine rings is 1. The molecule has 1 atom stereocenters. The van der Waals surface area contributed by atoms with Crippen LogP contribution in [0.2, 0.25) is 0 Å². The molecule has 0 aliphatic carbocycles. The van der Waals surface area contributed by atoms with Crippen molar-refractivity contribution in [3.05, 3.63) is 71.7 Å². The van der Waals surface area contributed by atoms with Gasteiger partial charge in [0, 0.05) is 44.7 Å². The fraction of sp³-hybridized carbons (Fsp3) is 0.400. The van der Waals surface area contributed by atoms with E-state index in [1.807, 2.05) is 38.1 Å². The summed E-state index contributed by atoms with van der Waals surface area (Å²) in [6.07, 6.45) is 3.42. The highest BCUT2D eigenvalue weighted by atomic mass is 16.5. The van der Waals surface area contributed by atoms with Gasteiger partial charge in [-0.3, -0.25) is 4.90 Å². The SMILES string of the molecule is COCc1cc(CN2CCO[C@@H](c3cccc(Nc4ncccn4)n3)C2)ccc1OC(C)C. The topological polar surface area (TPSA) is 81.6 Å². The smallest absolute Gasteiger partial charge is 0.228 e. The van der Waals surface area contributed by atoms with Crippen LogP contribution in [0.5, 0.6) is 5.75 Å². The van der Waals surface area contributed by atoms with Gasteiger partial charge in [-0.25, -0.2) is 15.0 Å². The van der Waals surface area contributed by atoms with Crippen LogP contribution in [-0.4, -0.2) is 52.8 Å². The van der Waals surface area contributed by atoms with Crippen LogP contribution in [0.1, 0.15) is 36.8 Å². The van der Waals surface area contributed by atoms with E-state index in [1.165, 1.54) is 5.56 Å². The third-order valence-electron chi connectivity index (χ3n) is 5.25. The highest BCUT2D eigenvalue weighted by Crippen LogP contribution is 2.26. The largest absolute Gasteiger partial charge is 0.491 e. The Bertz CT molecular complexity index is 1030. The van der Waals surface area contributed by atoms with E-state index in [4.69, 9.17) is 19.2 Å².